The van der Waals surface area contributed by atoms with E-state index in [0.717, 1.165) is 35.5 Å². The standard InChI is InChI=1S/C26H35N3/c1-8-9-23-13-12-20(5)25(16-23)26(24-14-10-19(4)11-15-24)27-17-21(6)28-29-22(7)18(2)3/h10-16,18H,8-9,17H2,1-7H3/b27-26?,28-21+,29-22-. The van der Waals surface area contributed by atoms with E-state index >= 15 is 0 Å². The van der Waals surface area contributed by atoms with Crippen molar-refractivity contribution in [2.24, 2.45) is 21.1 Å². The SMILES string of the molecule is CCCc1ccc(C)c(C(=NC/C(C)=N/N=C(/C)C(C)C)c2ccc(C)cc2)c1. The van der Waals surface area contributed by atoms with Gasteiger partial charge < -0.3 is 0 Å². The molecule has 3 nitrogen and oxygen atoms in total. The first-order valence-electron chi connectivity index (χ1n) is 10.6. The number of benzene rings is 2. The number of hydrogen-bond donors (Lipinski definition) is 0. The molecule has 0 saturated heterocycles. The quantitative estimate of drug-likeness (QED) is 0.361. The fourth-order valence-corrected chi connectivity index (χ4v) is 2.92. The van der Waals surface area contributed by atoms with Crippen LogP contribution in [0.1, 0.15) is 68.9 Å². The molecule has 154 valence electrons. The van der Waals surface area contributed by atoms with Gasteiger partial charge in [0.25, 0.3) is 0 Å². The van der Waals surface area contributed by atoms with E-state index in [1.165, 1.54) is 22.3 Å². The molecule has 0 aliphatic carbocycles. The Hall–Kier alpha value is -2.55. The highest BCUT2D eigenvalue weighted by molar-refractivity contribution is 6.14. The zero-order valence-electron chi connectivity index (χ0n) is 19.1. The van der Waals surface area contributed by atoms with Crippen LogP contribution in [0.2, 0.25) is 0 Å². The van der Waals surface area contributed by atoms with Crippen LogP contribution in [0.3, 0.4) is 0 Å². The molecule has 0 saturated carbocycles. The number of aryl methyl sites for hydroxylation is 3. The summed E-state index contributed by atoms with van der Waals surface area (Å²) < 4.78 is 0. The minimum atomic E-state index is 0.405. The Kier molecular flexibility index (Phi) is 8.50. The predicted octanol–water partition coefficient (Wildman–Crippen LogP) is 6.59. The fourth-order valence-electron chi connectivity index (χ4n) is 2.92. The van der Waals surface area contributed by atoms with Gasteiger partial charge in [0.2, 0.25) is 0 Å². The average Bonchev–Trinajstić information content (AvgIpc) is 2.69. The van der Waals surface area contributed by atoms with Crippen molar-refractivity contribution in [3.05, 3.63) is 70.3 Å². The number of rotatable bonds is 8. The summed E-state index contributed by atoms with van der Waals surface area (Å²) in [6, 6.07) is 15.3. The molecule has 0 aromatic heterocycles. The fraction of sp³-hybridized carbons (Fsp3) is 0.423. The molecule has 0 aliphatic heterocycles. The lowest BCUT2D eigenvalue weighted by atomic mass is 9.94. The first-order chi connectivity index (χ1) is 13.8. The van der Waals surface area contributed by atoms with Crippen molar-refractivity contribution in [1.82, 2.24) is 0 Å². The molecule has 0 fully saturated rings. The summed E-state index contributed by atoms with van der Waals surface area (Å²) in [6.07, 6.45) is 2.22. The number of nitrogens with zero attached hydrogens (tertiary/aromatic N) is 3. The smallest absolute Gasteiger partial charge is 0.0795 e. The van der Waals surface area contributed by atoms with E-state index in [4.69, 9.17) is 4.99 Å². The van der Waals surface area contributed by atoms with Gasteiger partial charge in [-0.25, -0.2) is 0 Å². The monoisotopic (exact) mass is 389 g/mol. The molecular weight excluding hydrogens is 354 g/mol. The lowest BCUT2D eigenvalue weighted by molar-refractivity contribution is 0.869. The molecular formula is C26H35N3. The second-order valence-corrected chi connectivity index (χ2v) is 8.16. The molecule has 0 unspecified atom stereocenters. The topological polar surface area (TPSA) is 37.1 Å². The summed E-state index contributed by atoms with van der Waals surface area (Å²) in [6.45, 7) is 15.3. The van der Waals surface area contributed by atoms with Gasteiger partial charge in [-0.15, -0.1) is 0 Å². The van der Waals surface area contributed by atoms with Gasteiger partial charge in [0.15, 0.2) is 0 Å². The van der Waals surface area contributed by atoms with Crippen LogP contribution in [0.5, 0.6) is 0 Å². The van der Waals surface area contributed by atoms with E-state index in [1.807, 2.05) is 13.8 Å². The minimum Gasteiger partial charge on any atom is -0.278 e. The second kappa shape index (κ2) is 10.8. The third-order valence-corrected chi connectivity index (χ3v) is 5.10. The van der Waals surface area contributed by atoms with Crippen molar-refractivity contribution < 1.29 is 0 Å². The summed E-state index contributed by atoms with van der Waals surface area (Å²) in [7, 11) is 0. The van der Waals surface area contributed by atoms with Crippen molar-refractivity contribution in [3.63, 3.8) is 0 Å². The molecule has 0 amide bonds. The zero-order chi connectivity index (χ0) is 21.4. The Balaban J connectivity index is 2.45. The Morgan fingerprint density at radius 2 is 1.62 bits per heavy atom. The number of aliphatic imine (C=N–C) groups is 1. The van der Waals surface area contributed by atoms with Gasteiger partial charge in [-0.1, -0.05) is 69.2 Å². The maximum absolute atomic E-state index is 5.00. The van der Waals surface area contributed by atoms with Crippen LogP contribution < -0.4 is 0 Å². The molecule has 0 spiro atoms. The maximum Gasteiger partial charge on any atom is 0.0795 e. The van der Waals surface area contributed by atoms with Crippen LogP contribution in [-0.4, -0.2) is 23.7 Å². The van der Waals surface area contributed by atoms with Gasteiger partial charge in [0.05, 0.1) is 18.0 Å². The Labute approximate surface area is 176 Å². The van der Waals surface area contributed by atoms with Gasteiger partial charge in [-0.05, 0) is 57.2 Å². The van der Waals surface area contributed by atoms with E-state index in [0.29, 0.717) is 12.5 Å². The van der Waals surface area contributed by atoms with Gasteiger partial charge >= 0.3 is 0 Å². The van der Waals surface area contributed by atoms with Crippen LogP contribution in [0.15, 0.2) is 57.7 Å². The molecule has 0 heterocycles. The first-order valence-corrected chi connectivity index (χ1v) is 10.6. The van der Waals surface area contributed by atoms with Gasteiger partial charge in [0.1, 0.15) is 0 Å². The summed E-state index contributed by atoms with van der Waals surface area (Å²) in [5, 5.41) is 8.74. The van der Waals surface area contributed by atoms with Crippen LogP contribution in [0, 0.1) is 19.8 Å². The van der Waals surface area contributed by atoms with E-state index in [9.17, 15) is 0 Å². The lowest BCUT2D eigenvalue weighted by Crippen LogP contribution is -2.10. The zero-order valence-corrected chi connectivity index (χ0v) is 19.1. The van der Waals surface area contributed by atoms with Crippen molar-refractivity contribution >= 4 is 17.1 Å². The van der Waals surface area contributed by atoms with E-state index in [-0.39, 0.29) is 0 Å². The largest absolute Gasteiger partial charge is 0.278 e. The molecule has 29 heavy (non-hydrogen) atoms. The van der Waals surface area contributed by atoms with Crippen LogP contribution in [0.4, 0.5) is 0 Å². The van der Waals surface area contributed by atoms with Gasteiger partial charge in [0, 0.05) is 16.8 Å². The molecule has 0 bridgehead atoms. The minimum absolute atomic E-state index is 0.405. The van der Waals surface area contributed by atoms with Gasteiger partial charge in [-0.3, -0.25) is 4.99 Å². The van der Waals surface area contributed by atoms with Crippen molar-refractivity contribution in [1.29, 1.82) is 0 Å². The molecule has 0 aliphatic rings. The highest BCUT2D eigenvalue weighted by Gasteiger charge is 2.11. The number of hydrogen-bond acceptors (Lipinski definition) is 3. The lowest BCUT2D eigenvalue weighted by Gasteiger charge is -2.13. The summed E-state index contributed by atoms with van der Waals surface area (Å²) in [4.78, 5) is 5.00. The summed E-state index contributed by atoms with van der Waals surface area (Å²) >= 11 is 0. The van der Waals surface area contributed by atoms with E-state index in [1.54, 1.807) is 0 Å². The summed E-state index contributed by atoms with van der Waals surface area (Å²) in [5.74, 6) is 0.405. The highest BCUT2D eigenvalue weighted by Crippen LogP contribution is 2.19. The molecule has 0 N–H and O–H groups in total. The first kappa shape index (κ1) is 22.7. The molecule has 3 heteroatoms. The Morgan fingerprint density at radius 3 is 2.24 bits per heavy atom. The van der Waals surface area contributed by atoms with Crippen molar-refractivity contribution in [3.8, 4) is 0 Å². The predicted molar refractivity (Wildman–Crippen MR) is 128 cm³/mol. The van der Waals surface area contributed by atoms with Crippen LogP contribution in [0.25, 0.3) is 0 Å². The van der Waals surface area contributed by atoms with E-state index in [2.05, 4.69) is 87.3 Å². The van der Waals surface area contributed by atoms with Gasteiger partial charge in [-0.2, -0.15) is 10.2 Å². The third kappa shape index (κ3) is 6.77. The molecule has 2 aromatic rings. The second-order valence-electron chi connectivity index (χ2n) is 8.16. The van der Waals surface area contributed by atoms with Crippen molar-refractivity contribution in [2.45, 2.75) is 61.3 Å². The average molecular weight is 390 g/mol. The highest BCUT2D eigenvalue weighted by atomic mass is 15.2. The maximum atomic E-state index is 5.00. The molecule has 2 rings (SSSR count). The summed E-state index contributed by atoms with van der Waals surface area (Å²) in [5.41, 5.74) is 9.17. The Morgan fingerprint density at radius 1 is 0.931 bits per heavy atom. The molecule has 0 radical (unpaired) electrons. The third-order valence-electron chi connectivity index (χ3n) is 5.10. The van der Waals surface area contributed by atoms with Crippen LogP contribution >= 0.6 is 0 Å². The Bertz CT molecular complexity index is 900. The van der Waals surface area contributed by atoms with E-state index < -0.39 is 0 Å². The molecule has 0 atom stereocenters. The van der Waals surface area contributed by atoms with Crippen molar-refractivity contribution in [2.75, 3.05) is 6.54 Å². The molecule has 2 aromatic carbocycles. The van der Waals surface area contributed by atoms with Crippen LogP contribution in [-0.2, 0) is 6.42 Å². The normalized spacial score (nSPS) is 13.3.